The number of esters is 1. The van der Waals surface area contributed by atoms with Crippen molar-refractivity contribution < 1.29 is 38.0 Å². The van der Waals surface area contributed by atoms with Crippen molar-refractivity contribution in [1.82, 2.24) is 0 Å². The van der Waals surface area contributed by atoms with Gasteiger partial charge in [-0.25, -0.2) is 0 Å². The third-order valence-electron chi connectivity index (χ3n) is 2.61. The monoisotopic (exact) mass is 386 g/mol. The Morgan fingerprint density at radius 3 is 1.12 bits per heavy atom. The molecule has 25 heavy (non-hydrogen) atoms. The van der Waals surface area contributed by atoms with Gasteiger partial charge < -0.3 is 33.2 Å². The Morgan fingerprint density at radius 1 is 0.560 bits per heavy atom. The SMILES string of the molecule is CC(=O)OCCOCCOCCOCCOCCOCCOCCCl. The van der Waals surface area contributed by atoms with E-state index in [4.69, 9.17) is 44.8 Å². The maximum atomic E-state index is 10.5. The van der Waals surface area contributed by atoms with Gasteiger partial charge in [0, 0.05) is 12.8 Å². The van der Waals surface area contributed by atoms with E-state index in [0.717, 1.165) is 0 Å². The summed E-state index contributed by atoms with van der Waals surface area (Å²) in [7, 11) is 0. The second-order valence-electron chi connectivity index (χ2n) is 4.70. The molecule has 0 saturated heterocycles. The molecule has 0 atom stereocenters. The van der Waals surface area contributed by atoms with Crippen LogP contribution in [0.25, 0.3) is 0 Å². The molecule has 0 saturated carbocycles. The van der Waals surface area contributed by atoms with Crippen molar-refractivity contribution in [3.05, 3.63) is 0 Å². The fourth-order valence-corrected chi connectivity index (χ4v) is 1.61. The first-order valence-corrected chi connectivity index (χ1v) is 8.96. The van der Waals surface area contributed by atoms with E-state index in [1.54, 1.807) is 0 Å². The van der Waals surface area contributed by atoms with Gasteiger partial charge in [0.25, 0.3) is 0 Å². The zero-order chi connectivity index (χ0) is 18.4. The number of carbonyl (C=O) groups excluding carboxylic acids is 1. The van der Waals surface area contributed by atoms with Crippen LogP contribution in [0.4, 0.5) is 0 Å². The summed E-state index contributed by atoms with van der Waals surface area (Å²) < 4.78 is 36.4. The Hall–Kier alpha value is -0.480. The number of hydrogen-bond acceptors (Lipinski definition) is 8. The Labute approximate surface area is 154 Å². The lowest BCUT2D eigenvalue weighted by Gasteiger charge is -2.08. The van der Waals surface area contributed by atoms with Gasteiger partial charge in [-0.1, -0.05) is 0 Å². The number of carbonyl (C=O) groups is 1. The molecule has 0 amide bonds. The standard InChI is InChI=1S/C16H31ClO8/c1-16(18)25-15-14-24-13-12-23-11-10-22-9-8-21-7-6-20-5-4-19-3-2-17/h2-15H2,1H3. The van der Waals surface area contributed by atoms with Crippen LogP contribution in [0.5, 0.6) is 0 Å². The van der Waals surface area contributed by atoms with E-state index in [0.29, 0.717) is 85.2 Å². The van der Waals surface area contributed by atoms with Gasteiger partial charge in [-0.2, -0.15) is 0 Å². The second kappa shape index (κ2) is 21.6. The summed E-state index contributed by atoms with van der Waals surface area (Å²) >= 11 is 5.47. The van der Waals surface area contributed by atoms with Crippen molar-refractivity contribution in [2.45, 2.75) is 6.92 Å². The molecule has 0 aliphatic rings. The normalized spacial score (nSPS) is 11.0. The van der Waals surface area contributed by atoms with E-state index in [1.807, 2.05) is 0 Å². The lowest BCUT2D eigenvalue weighted by molar-refractivity contribution is -0.142. The zero-order valence-electron chi connectivity index (χ0n) is 15.0. The Kier molecular flexibility index (Phi) is 21.1. The molecule has 9 heteroatoms. The maximum absolute atomic E-state index is 10.5. The van der Waals surface area contributed by atoms with Gasteiger partial charge in [-0.3, -0.25) is 4.79 Å². The molecule has 0 heterocycles. The molecular formula is C16H31ClO8. The van der Waals surface area contributed by atoms with Crippen LogP contribution in [-0.2, 0) is 38.0 Å². The molecule has 0 spiro atoms. The minimum atomic E-state index is -0.304. The fourth-order valence-electron chi connectivity index (χ4n) is 1.50. The van der Waals surface area contributed by atoms with E-state index in [-0.39, 0.29) is 12.6 Å². The summed E-state index contributed by atoms with van der Waals surface area (Å²) in [5.41, 5.74) is 0. The van der Waals surface area contributed by atoms with Gasteiger partial charge in [-0.15, -0.1) is 11.6 Å². The third-order valence-corrected chi connectivity index (χ3v) is 2.77. The van der Waals surface area contributed by atoms with Crippen LogP contribution in [0, 0.1) is 0 Å². The molecule has 0 aromatic rings. The van der Waals surface area contributed by atoms with Crippen LogP contribution in [0.15, 0.2) is 0 Å². The second-order valence-corrected chi connectivity index (χ2v) is 5.08. The summed E-state index contributed by atoms with van der Waals surface area (Å²) in [6, 6.07) is 0. The summed E-state index contributed by atoms with van der Waals surface area (Å²) in [4.78, 5) is 10.5. The van der Waals surface area contributed by atoms with Gasteiger partial charge >= 0.3 is 5.97 Å². The highest BCUT2D eigenvalue weighted by Gasteiger charge is 1.95. The molecule has 150 valence electrons. The molecule has 8 nitrogen and oxygen atoms in total. The highest BCUT2D eigenvalue weighted by atomic mass is 35.5. The highest BCUT2D eigenvalue weighted by Crippen LogP contribution is 1.85. The van der Waals surface area contributed by atoms with E-state index in [9.17, 15) is 4.79 Å². The van der Waals surface area contributed by atoms with Gasteiger partial charge in [0.15, 0.2) is 0 Å². The zero-order valence-corrected chi connectivity index (χ0v) is 15.8. The van der Waals surface area contributed by atoms with Crippen molar-refractivity contribution in [3.8, 4) is 0 Å². The Morgan fingerprint density at radius 2 is 0.840 bits per heavy atom. The first-order valence-electron chi connectivity index (χ1n) is 8.43. The van der Waals surface area contributed by atoms with Crippen LogP contribution >= 0.6 is 11.6 Å². The number of rotatable bonds is 20. The minimum absolute atomic E-state index is 0.269. The molecule has 0 aliphatic carbocycles. The minimum Gasteiger partial charge on any atom is -0.463 e. The van der Waals surface area contributed by atoms with Gasteiger partial charge in [-0.05, 0) is 0 Å². The molecule has 0 rings (SSSR count). The predicted octanol–water partition coefficient (Wildman–Crippen LogP) is 0.888. The van der Waals surface area contributed by atoms with Gasteiger partial charge in [0.1, 0.15) is 6.61 Å². The van der Waals surface area contributed by atoms with E-state index in [1.165, 1.54) is 6.92 Å². The Bertz CT molecular complexity index is 281. The van der Waals surface area contributed by atoms with Crippen LogP contribution < -0.4 is 0 Å². The number of halogens is 1. The van der Waals surface area contributed by atoms with Crippen molar-refractivity contribution in [1.29, 1.82) is 0 Å². The van der Waals surface area contributed by atoms with Crippen LogP contribution in [-0.4, -0.2) is 97.7 Å². The average molecular weight is 387 g/mol. The predicted molar refractivity (Wildman–Crippen MR) is 92.3 cm³/mol. The number of ether oxygens (including phenoxy) is 7. The van der Waals surface area contributed by atoms with Crippen molar-refractivity contribution in [2.75, 3.05) is 91.8 Å². The van der Waals surface area contributed by atoms with Gasteiger partial charge in [0.2, 0.25) is 0 Å². The Balaban J connectivity index is 2.97. The first-order chi connectivity index (χ1) is 12.3. The summed E-state index contributed by atoms with van der Waals surface area (Å²) in [6.45, 7) is 7.68. The lowest BCUT2D eigenvalue weighted by atomic mass is 10.6. The maximum Gasteiger partial charge on any atom is 0.302 e. The average Bonchev–Trinajstić information content (AvgIpc) is 2.60. The largest absolute Gasteiger partial charge is 0.463 e. The highest BCUT2D eigenvalue weighted by molar-refractivity contribution is 6.17. The van der Waals surface area contributed by atoms with Crippen LogP contribution in [0.3, 0.4) is 0 Å². The summed E-state index contributed by atoms with van der Waals surface area (Å²) in [5.74, 6) is 0.195. The van der Waals surface area contributed by atoms with Crippen molar-refractivity contribution in [2.24, 2.45) is 0 Å². The van der Waals surface area contributed by atoms with Crippen molar-refractivity contribution >= 4 is 17.6 Å². The molecule has 0 N–H and O–H groups in total. The molecule has 0 fully saturated rings. The van der Waals surface area contributed by atoms with E-state index >= 15 is 0 Å². The van der Waals surface area contributed by atoms with Gasteiger partial charge in [0.05, 0.1) is 79.3 Å². The molecule has 0 aliphatic heterocycles. The molecule has 0 radical (unpaired) electrons. The molecule has 0 aromatic carbocycles. The van der Waals surface area contributed by atoms with Crippen molar-refractivity contribution in [3.63, 3.8) is 0 Å². The number of alkyl halides is 1. The topological polar surface area (TPSA) is 81.7 Å². The quantitative estimate of drug-likeness (QED) is 0.173. The molecule has 0 bridgehead atoms. The summed E-state index contributed by atoms with van der Waals surface area (Å²) in [5, 5.41) is 0. The molecule has 0 unspecified atom stereocenters. The molecule has 0 aromatic heterocycles. The fraction of sp³-hybridized carbons (Fsp3) is 0.938. The smallest absolute Gasteiger partial charge is 0.302 e. The molecular weight excluding hydrogens is 356 g/mol. The summed E-state index contributed by atoms with van der Waals surface area (Å²) in [6.07, 6.45) is 0. The lowest BCUT2D eigenvalue weighted by Crippen LogP contribution is -2.14. The number of hydrogen-bond donors (Lipinski definition) is 0. The van der Waals surface area contributed by atoms with E-state index in [2.05, 4.69) is 0 Å². The van der Waals surface area contributed by atoms with Crippen LogP contribution in [0.2, 0.25) is 0 Å². The van der Waals surface area contributed by atoms with E-state index < -0.39 is 0 Å². The first kappa shape index (κ1) is 24.5. The van der Waals surface area contributed by atoms with Crippen LogP contribution in [0.1, 0.15) is 6.92 Å². The third kappa shape index (κ3) is 23.5.